The molecule has 0 saturated carbocycles. The van der Waals surface area contributed by atoms with E-state index in [-0.39, 0.29) is 30.6 Å². The van der Waals surface area contributed by atoms with Crippen molar-refractivity contribution in [3.05, 3.63) is 22.7 Å². The number of halogens is 2. The molecule has 1 aromatic rings. The molecule has 0 amide bonds. The summed E-state index contributed by atoms with van der Waals surface area (Å²) in [7, 11) is 0. The zero-order valence-corrected chi connectivity index (χ0v) is 11.3. The van der Waals surface area contributed by atoms with Crippen LogP contribution in [0.3, 0.4) is 0 Å². The molecule has 0 bridgehead atoms. The lowest BCUT2D eigenvalue weighted by Gasteiger charge is -2.16. The van der Waals surface area contributed by atoms with Crippen molar-refractivity contribution in [2.75, 3.05) is 12.3 Å². The molecule has 4 atom stereocenters. The third-order valence-corrected chi connectivity index (χ3v) is 2.64. The van der Waals surface area contributed by atoms with Gasteiger partial charge in [-0.1, -0.05) is 0 Å². The van der Waals surface area contributed by atoms with E-state index < -0.39 is 36.8 Å². The number of nitrogens with two attached hydrogens (primary N) is 1. The van der Waals surface area contributed by atoms with Crippen LogP contribution < -0.4 is 11.4 Å². The zero-order chi connectivity index (χ0) is 12.6. The lowest BCUT2D eigenvalue weighted by Crippen LogP contribution is -2.36. The van der Waals surface area contributed by atoms with E-state index in [9.17, 15) is 15.0 Å². The number of ether oxygens (including phenoxy) is 1. The molecule has 1 aliphatic heterocycles. The van der Waals surface area contributed by atoms with E-state index >= 15 is 0 Å². The number of aliphatic hydroxyl groups excluding tert-OH is 3. The Bertz CT molecular complexity index is 471. The van der Waals surface area contributed by atoms with Crippen molar-refractivity contribution >= 4 is 30.6 Å². The van der Waals surface area contributed by atoms with E-state index in [1.807, 2.05) is 0 Å². The molecular weight excluding hydrogens is 301 g/mol. The van der Waals surface area contributed by atoms with Crippen LogP contribution in [0.15, 0.2) is 17.1 Å². The summed E-state index contributed by atoms with van der Waals surface area (Å²) in [5.74, 6) is 0.0537. The monoisotopic (exact) mass is 315 g/mol. The highest BCUT2D eigenvalue weighted by Crippen LogP contribution is 2.27. The molecule has 19 heavy (non-hydrogen) atoms. The quantitative estimate of drug-likeness (QED) is 0.510. The van der Waals surface area contributed by atoms with Crippen molar-refractivity contribution in [3.63, 3.8) is 0 Å². The molecule has 0 aliphatic carbocycles. The van der Waals surface area contributed by atoms with Crippen molar-refractivity contribution in [2.45, 2.75) is 24.5 Å². The van der Waals surface area contributed by atoms with Crippen LogP contribution in [0.1, 0.15) is 6.23 Å². The number of aliphatic hydroxyl groups is 3. The predicted octanol–water partition coefficient (Wildman–Crippen LogP) is -1.72. The van der Waals surface area contributed by atoms with Crippen LogP contribution in [0.4, 0.5) is 5.82 Å². The van der Waals surface area contributed by atoms with Gasteiger partial charge in [-0.3, -0.25) is 4.57 Å². The maximum Gasteiger partial charge on any atom is 0.351 e. The van der Waals surface area contributed by atoms with Gasteiger partial charge >= 0.3 is 5.69 Å². The van der Waals surface area contributed by atoms with Crippen LogP contribution >= 0.6 is 24.8 Å². The van der Waals surface area contributed by atoms with Crippen LogP contribution in [0.25, 0.3) is 0 Å². The Kier molecular flexibility index (Phi) is 6.70. The smallest absolute Gasteiger partial charge is 0.351 e. The Morgan fingerprint density at radius 1 is 1.37 bits per heavy atom. The van der Waals surface area contributed by atoms with Gasteiger partial charge in [-0.15, -0.1) is 24.8 Å². The Hall–Kier alpha value is -0.900. The van der Waals surface area contributed by atoms with Gasteiger partial charge in [0, 0.05) is 6.20 Å². The molecule has 8 nitrogen and oxygen atoms in total. The van der Waals surface area contributed by atoms with Crippen LogP contribution in [-0.2, 0) is 4.74 Å². The summed E-state index contributed by atoms with van der Waals surface area (Å²) in [5.41, 5.74) is 4.63. The minimum atomic E-state index is -1.31. The number of aromatic nitrogens is 2. The van der Waals surface area contributed by atoms with Gasteiger partial charge < -0.3 is 25.8 Å². The molecule has 0 spiro atoms. The molecule has 5 N–H and O–H groups in total. The summed E-state index contributed by atoms with van der Waals surface area (Å²) in [5, 5.41) is 28.2. The Morgan fingerprint density at radius 3 is 2.47 bits per heavy atom. The molecule has 0 unspecified atom stereocenters. The van der Waals surface area contributed by atoms with Crippen molar-refractivity contribution in [2.24, 2.45) is 0 Å². The fourth-order valence-electron chi connectivity index (χ4n) is 1.73. The maximum absolute atomic E-state index is 11.5. The summed E-state index contributed by atoms with van der Waals surface area (Å²) >= 11 is 0. The number of hydrogen-bond donors (Lipinski definition) is 4. The highest BCUT2D eigenvalue weighted by molar-refractivity contribution is 5.85. The third-order valence-electron chi connectivity index (χ3n) is 2.64. The van der Waals surface area contributed by atoms with Gasteiger partial charge in [0.15, 0.2) is 6.23 Å². The standard InChI is InChI=1S/C9H13N3O5.2ClH/c10-5-1-2-12(9(16)11-5)8-7(15)6(14)4(3-13)17-8;;/h1-2,4,6-8,13-15H,3H2,(H2,10,11,16);2*1H/t4-,6-,7-,8-;;/m1../s1. The normalized spacial score (nSPS) is 29.4. The lowest BCUT2D eigenvalue weighted by molar-refractivity contribution is -0.0549. The van der Waals surface area contributed by atoms with Crippen molar-refractivity contribution in [1.29, 1.82) is 0 Å². The number of anilines is 1. The van der Waals surface area contributed by atoms with Crippen LogP contribution in [-0.4, -0.2) is 49.8 Å². The van der Waals surface area contributed by atoms with Gasteiger partial charge in [-0.25, -0.2) is 4.79 Å². The van der Waals surface area contributed by atoms with E-state index in [1.54, 1.807) is 0 Å². The average molecular weight is 316 g/mol. The molecular formula is C9H15Cl2N3O5. The van der Waals surface area contributed by atoms with Gasteiger partial charge in [0.1, 0.15) is 24.1 Å². The van der Waals surface area contributed by atoms with Gasteiger partial charge in [-0.2, -0.15) is 4.98 Å². The van der Waals surface area contributed by atoms with Crippen LogP contribution in [0, 0.1) is 0 Å². The second-order valence-electron chi connectivity index (χ2n) is 3.77. The second kappa shape index (κ2) is 7.04. The first-order valence-corrected chi connectivity index (χ1v) is 5.01. The number of rotatable bonds is 2. The zero-order valence-electron chi connectivity index (χ0n) is 9.62. The average Bonchev–Trinajstić information content (AvgIpc) is 2.57. The molecule has 2 heterocycles. The summed E-state index contributed by atoms with van der Waals surface area (Å²) in [4.78, 5) is 15.0. The molecule has 110 valence electrons. The minimum absolute atomic E-state index is 0. The number of nitrogen functional groups attached to an aromatic ring is 1. The molecule has 10 heteroatoms. The van der Waals surface area contributed by atoms with E-state index in [4.69, 9.17) is 15.6 Å². The first kappa shape index (κ1) is 18.1. The summed E-state index contributed by atoms with van der Waals surface area (Å²) in [6.07, 6.45) is -3.27. The largest absolute Gasteiger partial charge is 0.394 e. The van der Waals surface area contributed by atoms with Gasteiger partial charge in [-0.05, 0) is 6.07 Å². The number of nitrogens with zero attached hydrogens (tertiary/aromatic N) is 2. The van der Waals surface area contributed by atoms with Gasteiger partial charge in [0.2, 0.25) is 0 Å². The second-order valence-corrected chi connectivity index (χ2v) is 3.77. The Labute approximate surface area is 120 Å². The van der Waals surface area contributed by atoms with Gasteiger partial charge in [0.25, 0.3) is 0 Å². The van der Waals surface area contributed by atoms with E-state index in [1.165, 1.54) is 12.3 Å². The highest BCUT2D eigenvalue weighted by Gasteiger charge is 2.43. The first-order chi connectivity index (χ1) is 8.04. The predicted molar refractivity (Wildman–Crippen MR) is 70.4 cm³/mol. The topological polar surface area (TPSA) is 131 Å². The maximum atomic E-state index is 11.5. The fourth-order valence-corrected chi connectivity index (χ4v) is 1.73. The van der Waals surface area contributed by atoms with Crippen molar-refractivity contribution in [1.82, 2.24) is 9.55 Å². The SMILES string of the molecule is Cl.Cl.Nc1ccn([C@@H]2O[C@H](CO)[C@@H](O)[C@H]2O)c(=O)n1. The number of hydrogen-bond acceptors (Lipinski definition) is 7. The molecule has 1 saturated heterocycles. The summed E-state index contributed by atoms with van der Waals surface area (Å²) in [6.45, 7) is -0.453. The minimum Gasteiger partial charge on any atom is -0.394 e. The molecule has 1 aromatic heterocycles. The summed E-state index contributed by atoms with van der Waals surface area (Å²) in [6, 6.07) is 1.37. The third kappa shape index (κ3) is 3.35. The fraction of sp³-hybridized carbons (Fsp3) is 0.556. The van der Waals surface area contributed by atoms with Crippen LogP contribution in [0.5, 0.6) is 0 Å². The summed E-state index contributed by atoms with van der Waals surface area (Å²) < 4.78 is 6.19. The Morgan fingerprint density at radius 2 is 2.00 bits per heavy atom. The van der Waals surface area contributed by atoms with E-state index in [0.29, 0.717) is 0 Å². The van der Waals surface area contributed by atoms with E-state index in [2.05, 4.69) is 4.98 Å². The van der Waals surface area contributed by atoms with Gasteiger partial charge in [0.05, 0.1) is 6.61 Å². The Balaban J connectivity index is 0.00000162. The molecule has 1 aliphatic rings. The molecule has 2 rings (SSSR count). The van der Waals surface area contributed by atoms with Crippen molar-refractivity contribution in [3.8, 4) is 0 Å². The van der Waals surface area contributed by atoms with Crippen molar-refractivity contribution < 1.29 is 20.1 Å². The van der Waals surface area contributed by atoms with Crippen LogP contribution in [0.2, 0.25) is 0 Å². The lowest BCUT2D eigenvalue weighted by atomic mass is 10.1. The highest BCUT2D eigenvalue weighted by atomic mass is 35.5. The molecule has 0 aromatic carbocycles. The first-order valence-electron chi connectivity index (χ1n) is 5.01. The van der Waals surface area contributed by atoms with E-state index in [0.717, 1.165) is 4.57 Å². The molecule has 0 radical (unpaired) electrons. The molecule has 1 fully saturated rings.